The van der Waals surface area contributed by atoms with Crippen LogP contribution >= 0.6 is 0 Å². The lowest BCUT2D eigenvalue weighted by atomic mass is 9.90. The first-order valence-electron chi connectivity index (χ1n) is 5.70. The van der Waals surface area contributed by atoms with Gasteiger partial charge < -0.3 is 17.6 Å². The molecule has 18 heavy (non-hydrogen) atoms. The van der Waals surface area contributed by atoms with Crippen LogP contribution in [0.1, 0.15) is 17.0 Å². The Hall–Kier alpha value is -2.09. The van der Waals surface area contributed by atoms with Gasteiger partial charge in [-0.3, -0.25) is 0 Å². The van der Waals surface area contributed by atoms with Crippen molar-refractivity contribution < 1.29 is 13.1 Å². The Bertz CT molecular complexity index is 699. The molecular formula is C13H11BF2N2. The van der Waals surface area contributed by atoms with Crippen LogP contribution in [0.5, 0.6) is 0 Å². The van der Waals surface area contributed by atoms with Crippen LogP contribution in [-0.4, -0.2) is 21.6 Å². The molecule has 0 aromatic carbocycles. The zero-order valence-electron chi connectivity index (χ0n) is 10.1. The van der Waals surface area contributed by atoms with Gasteiger partial charge in [-0.2, -0.15) is 0 Å². The Balaban J connectivity index is 2.40. The lowest BCUT2D eigenvalue weighted by Crippen LogP contribution is -2.50. The average molecular weight is 244 g/mol. The SMILES string of the molecule is C#CC1=[N+]2C(=Cc3c(C)cc(C)n3[B-]2(F)F)C=C1. The Morgan fingerprint density at radius 3 is 2.72 bits per heavy atom. The van der Waals surface area contributed by atoms with E-state index in [0.29, 0.717) is 17.1 Å². The average Bonchev–Trinajstić information content (AvgIpc) is 2.82. The fraction of sp³-hybridized carbons (Fsp3) is 0.154. The van der Waals surface area contributed by atoms with Gasteiger partial charge in [-0.05, 0) is 37.1 Å². The van der Waals surface area contributed by atoms with E-state index >= 15 is 0 Å². The maximum atomic E-state index is 14.6. The molecule has 0 radical (unpaired) electrons. The molecule has 0 fully saturated rings. The summed E-state index contributed by atoms with van der Waals surface area (Å²) in [5.41, 5.74) is 2.63. The number of hydrogen-bond donors (Lipinski definition) is 0. The second-order valence-electron chi connectivity index (χ2n) is 4.61. The van der Waals surface area contributed by atoms with Crippen LogP contribution in [0.3, 0.4) is 0 Å². The van der Waals surface area contributed by atoms with Crippen molar-refractivity contribution in [3.63, 3.8) is 0 Å². The molecule has 3 rings (SSSR count). The lowest BCUT2D eigenvalue weighted by molar-refractivity contribution is -0.359. The summed E-state index contributed by atoms with van der Waals surface area (Å²) in [6, 6.07) is 1.77. The third kappa shape index (κ3) is 1.15. The van der Waals surface area contributed by atoms with Gasteiger partial charge in [0, 0.05) is 23.9 Å². The Morgan fingerprint density at radius 1 is 1.33 bits per heavy atom. The van der Waals surface area contributed by atoms with Crippen LogP contribution in [0.2, 0.25) is 0 Å². The van der Waals surface area contributed by atoms with E-state index in [1.54, 1.807) is 31.2 Å². The topological polar surface area (TPSA) is 7.94 Å². The number of hydrogen-bond acceptors (Lipinski definition) is 0. The second-order valence-corrected chi connectivity index (χ2v) is 4.61. The summed E-state index contributed by atoms with van der Waals surface area (Å²) in [6.07, 6.45) is 10.2. The van der Waals surface area contributed by atoms with Gasteiger partial charge in [-0.15, -0.1) is 6.42 Å². The smallest absolute Gasteiger partial charge is 0.394 e. The fourth-order valence-electron chi connectivity index (χ4n) is 2.73. The van der Waals surface area contributed by atoms with Crippen molar-refractivity contribution >= 4 is 18.8 Å². The van der Waals surface area contributed by atoms with Gasteiger partial charge >= 0.3 is 6.97 Å². The molecular weight excluding hydrogens is 233 g/mol. The molecule has 2 aliphatic rings. The summed E-state index contributed by atoms with van der Waals surface area (Å²) < 4.78 is 31.3. The van der Waals surface area contributed by atoms with Crippen LogP contribution in [-0.2, 0) is 0 Å². The van der Waals surface area contributed by atoms with E-state index in [1.807, 2.05) is 6.92 Å². The van der Waals surface area contributed by atoms with Crippen molar-refractivity contribution in [2.75, 3.05) is 0 Å². The molecule has 1 aromatic heterocycles. The van der Waals surface area contributed by atoms with Gasteiger partial charge in [0.2, 0.25) is 5.71 Å². The van der Waals surface area contributed by atoms with E-state index < -0.39 is 6.97 Å². The van der Waals surface area contributed by atoms with Gasteiger partial charge in [0.15, 0.2) is 5.70 Å². The number of aryl methyl sites for hydroxylation is 2. The van der Waals surface area contributed by atoms with Crippen LogP contribution < -0.4 is 0 Å². The highest BCUT2D eigenvalue weighted by atomic mass is 19.2. The van der Waals surface area contributed by atoms with Gasteiger partial charge in [0.1, 0.15) is 0 Å². The Morgan fingerprint density at radius 2 is 2.06 bits per heavy atom. The van der Waals surface area contributed by atoms with Gasteiger partial charge in [0.25, 0.3) is 0 Å². The summed E-state index contributed by atoms with van der Waals surface area (Å²) in [5.74, 6) is 2.31. The van der Waals surface area contributed by atoms with Crippen LogP contribution in [0.15, 0.2) is 23.9 Å². The molecule has 0 N–H and O–H groups in total. The lowest BCUT2D eigenvalue weighted by Gasteiger charge is -2.29. The van der Waals surface area contributed by atoms with Crippen LogP contribution in [0.4, 0.5) is 8.63 Å². The van der Waals surface area contributed by atoms with E-state index in [0.717, 1.165) is 14.5 Å². The molecule has 2 nitrogen and oxygen atoms in total. The minimum Gasteiger partial charge on any atom is -0.394 e. The number of halogens is 2. The van der Waals surface area contributed by atoms with Crippen molar-refractivity contribution in [2.45, 2.75) is 13.8 Å². The molecule has 2 aliphatic heterocycles. The molecule has 0 saturated heterocycles. The first kappa shape index (κ1) is 11.0. The van der Waals surface area contributed by atoms with E-state index in [-0.39, 0.29) is 5.71 Å². The maximum Gasteiger partial charge on any atom is 0.738 e. The van der Waals surface area contributed by atoms with Crippen molar-refractivity contribution in [2.24, 2.45) is 0 Å². The number of rotatable bonds is 0. The molecule has 0 unspecified atom stereocenters. The molecule has 0 atom stereocenters. The molecule has 3 heterocycles. The first-order chi connectivity index (χ1) is 8.46. The molecule has 0 amide bonds. The molecule has 5 heteroatoms. The van der Waals surface area contributed by atoms with Crippen LogP contribution in [0.25, 0.3) is 6.08 Å². The zero-order chi connectivity index (χ0) is 13.1. The fourth-order valence-corrected chi connectivity index (χ4v) is 2.73. The highest BCUT2D eigenvalue weighted by Gasteiger charge is 2.52. The van der Waals surface area contributed by atoms with Gasteiger partial charge in [0.05, 0.1) is 0 Å². The van der Waals surface area contributed by atoms with E-state index in [4.69, 9.17) is 6.42 Å². The summed E-state index contributed by atoms with van der Waals surface area (Å²) in [5, 5.41) is 0. The molecule has 0 bridgehead atoms. The predicted molar refractivity (Wildman–Crippen MR) is 68.5 cm³/mol. The van der Waals surface area contributed by atoms with Gasteiger partial charge in [-0.25, -0.2) is 0 Å². The summed E-state index contributed by atoms with van der Waals surface area (Å²) in [6.45, 7) is -0.384. The third-order valence-corrected chi connectivity index (χ3v) is 3.47. The largest absolute Gasteiger partial charge is 0.738 e. The second kappa shape index (κ2) is 3.23. The predicted octanol–water partition coefficient (Wildman–Crippen LogP) is 2.34. The molecule has 0 saturated carbocycles. The summed E-state index contributed by atoms with van der Waals surface area (Å²) in [4.78, 5) is 0. The van der Waals surface area contributed by atoms with E-state index in [2.05, 4.69) is 5.92 Å². The Labute approximate surface area is 104 Å². The quantitative estimate of drug-likeness (QED) is 0.489. The maximum absolute atomic E-state index is 14.6. The van der Waals surface area contributed by atoms with E-state index in [1.165, 1.54) is 0 Å². The number of nitrogens with zero attached hydrogens (tertiary/aromatic N) is 2. The normalized spacial score (nSPS) is 19.4. The standard InChI is InChI=1S/C13H11BF2N2/c1-4-11-5-6-12-8-13-9(2)7-10(3)17(13)14(15,16)18(11)12/h1,5-8H,2-3H3. The monoisotopic (exact) mass is 244 g/mol. The molecule has 0 spiro atoms. The number of fused-ring (bicyclic) bond motifs is 2. The van der Waals surface area contributed by atoms with Crippen molar-refractivity contribution in [3.05, 3.63) is 40.9 Å². The van der Waals surface area contributed by atoms with Crippen molar-refractivity contribution in [1.82, 2.24) is 4.48 Å². The van der Waals surface area contributed by atoms with Crippen molar-refractivity contribution in [3.8, 4) is 12.3 Å². The minimum atomic E-state index is -3.90. The molecule has 90 valence electrons. The first-order valence-corrected chi connectivity index (χ1v) is 5.70. The molecule has 0 aliphatic carbocycles. The Kier molecular flexibility index (Phi) is 1.98. The van der Waals surface area contributed by atoms with E-state index in [9.17, 15) is 8.63 Å². The molecule has 1 aromatic rings. The zero-order valence-corrected chi connectivity index (χ0v) is 10.1. The highest BCUT2D eigenvalue weighted by molar-refractivity contribution is 6.58. The number of allylic oxidation sites excluding steroid dienone is 2. The van der Waals surface area contributed by atoms with Crippen molar-refractivity contribution in [1.29, 1.82) is 0 Å². The van der Waals surface area contributed by atoms with Crippen LogP contribution in [0, 0.1) is 26.2 Å². The minimum absolute atomic E-state index is 0.211. The summed E-state index contributed by atoms with van der Waals surface area (Å²) in [7, 11) is 0. The third-order valence-electron chi connectivity index (χ3n) is 3.47. The number of aromatic nitrogens is 1. The highest BCUT2D eigenvalue weighted by Crippen LogP contribution is 2.33. The van der Waals surface area contributed by atoms with Gasteiger partial charge in [-0.1, -0.05) is 0 Å². The number of terminal acetylenes is 1. The summed E-state index contributed by atoms with van der Waals surface area (Å²) >= 11 is 0.